The van der Waals surface area contributed by atoms with Gasteiger partial charge in [-0.1, -0.05) is 0 Å². The quantitative estimate of drug-likeness (QED) is 0.790. The highest BCUT2D eigenvalue weighted by Gasteiger charge is 2.39. The topological polar surface area (TPSA) is 89.3 Å². The van der Waals surface area contributed by atoms with Crippen molar-refractivity contribution in [3.05, 3.63) is 18.0 Å². The first-order valence-corrected chi connectivity index (χ1v) is 9.09. The first-order chi connectivity index (χ1) is 12.6. The maximum Gasteiger partial charge on any atom is 0.341 e. The summed E-state index contributed by atoms with van der Waals surface area (Å²) in [5.41, 5.74) is 1.78. The Labute approximate surface area is 151 Å². The second kappa shape index (κ2) is 6.59. The largest absolute Gasteiger partial charge is 0.462 e. The number of amides is 1. The standard InChI is InChI=1S/C18H23N5O3/c1-3-26-18(25)14-8-20-17-13(9-21-22(17)2)16(14)19-7-11-6-15(24)23(10-11)12-4-5-12/h8-9,11-12H,3-7,10H2,1-2H3,(H,19,20). The molecule has 0 spiro atoms. The molecule has 2 fully saturated rings. The van der Waals surface area contributed by atoms with Gasteiger partial charge in [0.1, 0.15) is 5.56 Å². The predicted molar refractivity (Wildman–Crippen MR) is 95.8 cm³/mol. The fourth-order valence-corrected chi connectivity index (χ4v) is 3.58. The van der Waals surface area contributed by atoms with Gasteiger partial charge in [0.05, 0.1) is 23.9 Å². The lowest BCUT2D eigenvalue weighted by Gasteiger charge is -2.17. The summed E-state index contributed by atoms with van der Waals surface area (Å²) in [4.78, 5) is 30.8. The average Bonchev–Trinajstić information content (AvgIpc) is 3.30. The van der Waals surface area contributed by atoms with Crippen molar-refractivity contribution in [1.82, 2.24) is 19.7 Å². The van der Waals surface area contributed by atoms with Crippen molar-refractivity contribution < 1.29 is 14.3 Å². The van der Waals surface area contributed by atoms with Crippen LogP contribution in [0.1, 0.15) is 36.5 Å². The van der Waals surface area contributed by atoms with Crippen LogP contribution >= 0.6 is 0 Å². The number of hydrogen-bond donors (Lipinski definition) is 1. The van der Waals surface area contributed by atoms with Crippen LogP contribution in [0.5, 0.6) is 0 Å². The Hall–Kier alpha value is -2.64. The molecule has 0 aromatic carbocycles. The van der Waals surface area contributed by atoms with E-state index in [2.05, 4.69) is 15.4 Å². The third-order valence-corrected chi connectivity index (χ3v) is 5.05. The minimum atomic E-state index is -0.407. The van der Waals surface area contributed by atoms with Crippen molar-refractivity contribution >= 4 is 28.6 Å². The van der Waals surface area contributed by atoms with Gasteiger partial charge in [-0.15, -0.1) is 0 Å². The molecule has 0 radical (unpaired) electrons. The lowest BCUT2D eigenvalue weighted by molar-refractivity contribution is -0.128. The molecule has 1 aliphatic carbocycles. The molecule has 8 heteroatoms. The zero-order valence-electron chi connectivity index (χ0n) is 15.1. The molecule has 8 nitrogen and oxygen atoms in total. The molecule has 3 heterocycles. The van der Waals surface area contributed by atoms with E-state index < -0.39 is 5.97 Å². The summed E-state index contributed by atoms with van der Waals surface area (Å²) in [6.45, 7) is 3.48. The van der Waals surface area contributed by atoms with Gasteiger partial charge in [0.15, 0.2) is 5.65 Å². The van der Waals surface area contributed by atoms with Gasteiger partial charge in [-0.25, -0.2) is 9.78 Å². The van der Waals surface area contributed by atoms with Gasteiger partial charge in [0.25, 0.3) is 0 Å². The van der Waals surface area contributed by atoms with Crippen molar-refractivity contribution in [3.8, 4) is 0 Å². The number of aryl methyl sites for hydroxylation is 1. The van der Waals surface area contributed by atoms with Crippen LogP contribution in [-0.2, 0) is 16.6 Å². The van der Waals surface area contributed by atoms with E-state index in [9.17, 15) is 9.59 Å². The molecule has 1 aliphatic heterocycles. The summed E-state index contributed by atoms with van der Waals surface area (Å²) in [5, 5.41) is 8.40. The maximum atomic E-state index is 12.3. The van der Waals surface area contributed by atoms with Crippen LogP contribution in [0.2, 0.25) is 0 Å². The first kappa shape index (κ1) is 16.8. The van der Waals surface area contributed by atoms with Gasteiger partial charge in [0, 0.05) is 44.7 Å². The molecule has 2 aromatic heterocycles. The molecule has 2 aromatic rings. The van der Waals surface area contributed by atoms with Gasteiger partial charge in [-0.3, -0.25) is 9.48 Å². The third-order valence-electron chi connectivity index (χ3n) is 5.05. The van der Waals surface area contributed by atoms with Crippen molar-refractivity contribution in [2.24, 2.45) is 13.0 Å². The van der Waals surface area contributed by atoms with Gasteiger partial charge < -0.3 is 15.0 Å². The van der Waals surface area contributed by atoms with Crippen LogP contribution in [0, 0.1) is 5.92 Å². The van der Waals surface area contributed by atoms with E-state index in [1.807, 2.05) is 11.9 Å². The number of hydrogen-bond acceptors (Lipinski definition) is 6. The number of fused-ring (bicyclic) bond motifs is 1. The molecule has 1 unspecified atom stereocenters. The summed E-state index contributed by atoms with van der Waals surface area (Å²) in [6, 6.07) is 0.452. The molecule has 2 aliphatic rings. The minimum Gasteiger partial charge on any atom is -0.462 e. The molecule has 1 atom stereocenters. The summed E-state index contributed by atoms with van der Waals surface area (Å²) >= 11 is 0. The summed E-state index contributed by atoms with van der Waals surface area (Å²) in [5.74, 6) is 0.0690. The molecule has 138 valence electrons. The summed E-state index contributed by atoms with van der Waals surface area (Å²) < 4.78 is 6.83. The fraction of sp³-hybridized carbons (Fsp3) is 0.556. The van der Waals surface area contributed by atoms with E-state index in [-0.39, 0.29) is 11.8 Å². The number of carbonyl (C=O) groups is 2. The van der Waals surface area contributed by atoms with E-state index in [4.69, 9.17) is 4.74 Å². The predicted octanol–water partition coefficient (Wildman–Crippen LogP) is 1.57. The number of esters is 1. The average molecular weight is 357 g/mol. The Morgan fingerprint density at radius 2 is 2.19 bits per heavy atom. The molecule has 1 saturated carbocycles. The van der Waals surface area contributed by atoms with E-state index >= 15 is 0 Å². The Kier molecular flexibility index (Phi) is 4.26. The molecule has 4 rings (SSSR count). The van der Waals surface area contributed by atoms with Crippen LogP contribution in [0.4, 0.5) is 5.69 Å². The summed E-state index contributed by atoms with van der Waals surface area (Å²) in [6.07, 6.45) is 6.03. The van der Waals surface area contributed by atoms with Crippen LogP contribution in [0.25, 0.3) is 11.0 Å². The third kappa shape index (κ3) is 3.00. The van der Waals surface area contributed by atoms with Crippen molar-refractivity contribution in [2.75, 3.05) is 25.0 Å². The smallest absolute Gasteiger partial charge is 0.341 e. The number of nitrogens with one attached hydrogen (secondary N) is 1. The SMILES string of the molecule is CCOC(=O)c1cnc2c(cnn2C)c1NCC1CC(=O)N(C2CC2)C1. The van der Waals surface area contributed by atoms with E-state index in [0.717, 1.165) is 24.8 Å². The fourth-order valence-electron chi connectivity index (χ4n) is 3.58. The minimum absolute atomic E-state index is 0.234. The van der Waals surface area contributed by atoms with Crippen LogP contribution in [0.3, 0.4) is 0 Å². The number of ether oxygens (including phenoxy) is 1. The Balaban J connectivity index is 1.57. The first-order valence-electron chi connectivity index (χ1n) is 9.09. The number of nitrogens with zero attached hydrogens (tertiary/aromatic N) is 4. The van der Waals surface area contributed by atoms with Crippen LogP contribution in [-0.4, -0.2) is 57.3 Å². The number of aromatic nitrogens is 3. The van der Waals surface area contributed by atoms with Crippen LogP contribution in [0.15, 0.2) is 12.4 Å². The molecular formula is C18H23N5O3. The maximum absolute atomic E-state index is 12.3. The highest BCUT2D eigenvalue weighted by molar-refractivity contribution is 6.04. The van der Waals surface area contributed by atoms with E-state index in [1.54, 1.807) is 17.8 Å². The molecule has 1 N–H and O–H groups in total. The second-order valence-corrected chi connectivity index (χ2v) is 7.00. The summed E-state index contributed by atoms with van der Waals surface area (Å²) in [7, 11) is 1.81. The molecule has 1 amide bonds. The number of pyridine rings is 1. The number of carbonyl (C=O) groups excluding carboxylic acids is 2. The van der Waals surface area contributed by atoms with Crippen molar-refractivity contribution in [1.29, 1.82) is 0 Å². The Morgan fingerprint density at radius 3 is 2.92 bits per heavy atom. The zero-order valence-corrected chi connectivity index (χ0v) is 15.1. The van der Waals surface area contributed by atoms with Gasteiger partial charge >= 0.3 is 5.97 Å². The van der Waals surface area contributed by atoms with Gasteiger partial charge in [-0.05, 0) is 19.8 Å². The van der Waals surface area contributed by atoms with Crippen molar-refractivity contribution in [3.63, 3.8) is 0 Å². The highest BCUT2D eigenvalue weighted by atomic mass is 16.5. The van der Waals surface area contributed by atoms with E-state index in [1.165, 1.54) is 6.20 Å². The number of anilines is 1. The molecule has 1 saturated heterocycles. The normalized spacial score (nSPS) is 20.0. The van der Waals surface area contributed by atoms with E-state index in [0.29, 0.717) is 42.5 Å². The van der Waals surface area contributed by atoms with Gasteiger partial charge in [0.2, 0.25) is 5.91 Å². The van der Waals surface area contributed by atoms with Crippen molar-refractivity contribution in [2.45, 2.75) is 32.2 Å². The molecular weight excluding hydrogens is 334 g/mol. The zero-order chi connectivity index (χ0) is 18.3. The lowest BCUT2D eigenvalue weighted by atomic mass is 10.1. The Bertz CT molecular complexity index is 858. The van der Waals surface area contributed by atoms with Crippen LogP contribution < -0.4 is 5.32 Å². The lowest BCUT2D eigenvalue weighted by Crippen LogP contribution is -2.28. The van der Waals surface area contributed by atoms with Gasteiger partial charge in [-0.2, -0.15) is 5.10 Å². The number of rotatable bonds is 6. The highest BCUT2D eigenvalue weighted by Crippen LogP contribution is 2.33. The molecule has 0 bridgehead atoms. The molecule has 26 heavy (non-hydrogen) atoms. The number of likely N-dealkylation sites (tertiary alicyclic amines) is 1. The monoisotopic (exact) mass is 357 g/mol. The second-order valence-electron chi connectivity index (χ2n) is 7.00. The Morgan fingerprint density at radius 1 is 1.38 bits per heavy atom.